The topological polar surface area (TPSA) is 99.0 Å². The fraction of sp³-hybridized carbons (Fsp3) is 0.688. The third-order valence-electron chi connectivity index (χ3n) is 4.22. The van der Waals surface area contributed by atoms with Crippen molar-refractivity contribution < 1.29 is 8.39 Å². The van der Waals surface area contributed by atoms with Crippen molar-refractivity contribution >= 4 is 22.2 Å². The molecule has 0 aliphatic carbocycles. The summed E-state index contributed by atoms with van der Waals surface area (Å²) in [5.41, 5.74) is 0.0638. The minimum absolute atomic E-state index is 0.382. The number of rotatable bonds is 10. The summed E-state index contributed by atoms with van der Waals surface area (Å²) < 4.78 is 19.0. The van der Waals surface area contributed by atoms with Gasteiger partial charge in [0.2, 0.25) is 0 Å². The van der Waals surface area contributed by atoms with E-state index in [0.29, 0.717) is 24.3 Å². The summed E-state index contributed by atoms with van der Waals surface area (Å²) in [5, 5.41) is 0. The molecule has 0 amide bonds. The summed E-state index contributed by atoms with van der Waals surface area (Å²) in [7, 11) is 1.61. The van der Waals surface area contributed by atoms with Gasteiger partial charge in [0.15, 0.2) is 22.2 Å². The molecular weight excluding hydrogens is 344 g/mol. The number of nitrogens with one attached hydrogen (secondary N) is 1. The number of imidazole rings is 1. The monoisotopic (exact) mass is 370 g/mol. The van der Waals surface area contributed by atoms with Crippen LogP contribution in [0.4, 0.5) is 0 Å². The van der Waals surface area contributed by atoms with Gasteiger partial charge < -0.3 is 4.57 Å². The molecule has 0 fully saturated rings. The molecule has 0 saturated heterocycles. The van der Waals surface area contributed by atoms with Crippen LogP contribution < -0.4 is 11.2 Å². The largest absolute Gasteiger partial charge is 0.329 e. The van der Waals surface area contributed by atoms with Crippen molar-refractivity contribution in [3.63, 3.8) is 0 Å². The van der Waals surface area contributed by atoms with E-state index in [0.717, 1.165) is 44.3 Å². The Morgan fingerprint density at radius 2 is 1.76 bits per heavy atom. The first kappa shape index (κ1) is 19.6. The fourth-order valence-electron chi connectivity index (χ4n) is 2.87. The molecule has 2 aromatic heterocycles. The Kier molecular flexibility index (Phi) is 7.12. The van der Waals surface area contributed by atoms with Gasteiger partial charge in [0.25, 0.3) is 5.56 Å². The fourth-order valence-corrected chi connectivity index (χ4v) is 3.22. The molecule has 0 spiro atoms. The van der Waals surface area contributed by atoms with E-state index in [2.05, 4.69) is 9.97 Å². The second kappa shape index (κ2) is 9.10. The summed E-state index contributed by atoms with van der Waals surface area (Å²) in [6.07, 6.45) is 7.74. The number of aromatic amines is 1. The van der Waals surface area contributed by atoms with Crippen molar-refractivity contribution in [2.24, 2.45) is 7.05 Å². The van der Waals surface area contributed by atoms with Gasteiger partial charge in [0.05, 0.1) is 6.61 Å². The third kappa shape index (κ3) is 5.12. The first-order valence-corrected chi connectivity index (χ1v) is 10.0. The van der Waals surface area contributed by atoms with Crippen LogP contribution in [0, 0.1) is 6.92 Å². The maximum absolute atomic E-state index is 12.1. The van der Waals surface area contributed by atoms with E-state index in [4.69, 9.17) is 4.18 Å². The molecule has 0 aliphatic heterocycles. The van der Waals surface area contributed by atoms with Gasteiger partial charge in [-0.05, 0) is 19.8 Å². The lowest BCUT2D eigenvalue weighted by Crippen LogP contribution is -2.29. The summed E-state index contributed by atoms with van der Waals surface area (Å²) >= 11 is -1.17. The molecule has 25 heavy (non-hydrogen) atoms. The molecule has 9 heteroatoms. The number of fused-ring (bicyclic) bond motifs is 1. The van der Waals surface area contributed by atoms with Crippen molar-refractivity contribution in [2.75, 3.05) is 12.9 Å². The van der Waals surface area contributed by atoms with Crippen LogP contribution in [-0.2, 0) is 28.9 Å². The van der Waals surface area contributed by atoms with Gasteiger partial charge in [-0.25, -0.2) is 14.0 Å². The van der Waals surface area contributed by atoms with Gasteiger partial charge >= 0.3 is 5.69 Å². The Morgan fingerprint density at radius 1 is 1.12 bits per heavy atom. The van der Waals surface area contributed by atoms with Crippen LogP contribution in [0.2, 0.25) is 0 Å². The summed E-state index contributed by atoms with van der Waals surface area (Å²) in [6.45, 7) is 3.11. The molecule has 140 valence electrons. The molecule has 0 radical (unpaired) electrons. The Bertz CT molecular complexity index is 852. The first-order chi connectivity index (χ1) is 11.9. The average molecular weight is 370 g/mol. The van der Waals surface area contributed by atoms with E-state index >= 15 is 0 Å². The van der Waals surface area contributed by atoms with Gasteiger partial charge in [0, 0.05) is 19.8 Å². The van der Waals surface area contributed by atoms with Crippen molar-refractivity contribution in [2.45, 2.75) is 52.0 Å². The predicted molar refractivity (Wildman–Crippen MR) is 98.1 cm³/mol. The SMILES string of the molecule is Cc1nc2c(c(=O)[nH]c(=O)n2C)n1CCCCCCCCOS(C)=O. The molecule has 0 saturated carbocycles. The first-order valence-electron chi connectivity index (χ1n) is 8.54. The molecule has 0 bridgehead atoms. The van der Waals surface area contributed by atoms with Crippen molar-refractivity contribution in [1.82, 2.24) is 19.1 Å². The van der Waals surface area contributed by atoms with Crippen LogP contribution in [0.3, 0.4) is 0 Å². The lowest BCUT2D eigenvalue weighted by molar-refractivity contribution is 0.334. The smallest absolute Gasteiger partial charge is 0.322 e. The highest BCUT2D eigenvalue weighted by Gasteiger charge is 2.14. The van der Waals surface area contributed by atoms with Crippen molar-refractivity contribution in [1.29, 1.82) is 0 Å². The molecule has 8 nitrogen and oxygen atoms in total. The quantitative estimate of drug-likeness (QED) is 0.637. The Hall–Kier alpha value is -1.74. The van der Waals surface area contributed by atoms with E-state index in [9.17, 15) is 13.8 Å². The molecule has 1 N–H and O–H groups in total. The van der Waals surface area contributed by atoms with Crippen LogP contribution >= 0.6 is 0 Å². The Morgan fingerprint density at radius 3 is 2.44 bits per heavy atom. The van der Waals surface area contributed by atoms with Crippen LogP contribution in [0.1, 0.15) is 44.3 Å². The van der Waals surface area contributed by atoms with Gasteiger partial charge in [0.1, 0.15) is 5.82 Å². The van der Waals surface area contributed by atoms with Crippen LogP contribution in [0.25, 0.3) is 11.2 Å². The van der Waals surface area contributed by atoms with E-state index in [1.807, 2.05) is 11.5 Å². The number of aromatic nitrogens is 4. The summed E-state index contributed by atoms with van der Waals surface area (Å²) in [4.78, 5) is 30.5. The Labute approximate surface area is 148 Å². The molecular formula is C16H26N4O4S. The van der Waals surface area contributed by atoms with Crippen LogP contribution in [0.5, 0.6) is 0 Å². The van der Waals surface area contributed by atoms with Gasteiger partial charge in [-0.15, -0.1) is 0 Å². The number of nitrogens with zero attached hydrogens (tertiary/aromatic N) is 3. The van der Waals surface area contributed by atoms with Gasteiger partial charge in [-0.2, -0.15) is 0 Å². The average Bonchev–Trinajstić information content (AvgIpc) is 2.88. The van der Waals surface area contributed by atoms with Gasteiger partial charge in [-0.1, -0.05) is 25.7 Å². The molecule has 0 aliphatic rings. The lowest BCUT2D eigenvalue weighted by Gasteiger charge is -2.06. The van der Waals surface area contributed by atoms with Crippen molar-refractivity contribution in [3.8, 4) is 0 Å². The van der Waals surface area contributed by atoms with Crippen molar-refractivity contribution in [3.05, 3.63) is 26.7 Å². The number of aryl methyl sites for hydroxylation is 3. The van der Waals surface area contributed by atoms with E-state index < -0.39 is 16.8 Å². The second-order valence-corrected chi connectivity index (χ2v) is 7.18. The zero-order valence-corrected chi connectivity index (χ0v) is 15.9. The molecule has 1 unspecified atom stereocenters. The number of hydrogen-bond acceptors (Lipinski definition) is 5. The molecule has 1 atom stereocenters. The molecule has 2 rings (SSSR count). The maximum atomic E-state index is 12.1. The highest BCUT2D eigenvalue weighted by molar-refractivity contribution is 7.79. The predicted octanol–water partition coefficient (Wildman–Crippen LogP) is 1.38. The summed E-state index contributed by atoms with van der Waals surface area (Å²) in [5.74, 6) is 0.742. The zero-order valence-electron chi connectivity index (χ0n) is 15.0. The normalized spacial score (nSPS) is 12.8. The third-order valence-corrected chi connectivity index (χ3v) is 4.72. The number of unbranched alkanes of at least 4 members (excludes halogenated alkanes) is 5. The Balaban J connectivity index is 1.83. The minimum Gasteiger partial charge on any atom is -0.322 e. The highest BCUT2D eigenvalue weighted by Crippen LogP contribution is 2.13. The minimum atomic E-state index is -1.17. The number of H-pyrrole nitrogens is 1. The van der Waals surface area contributed by atoms with E-state index in [1.165, 1.54) is 10.8 Å². The van der Waals surface area contributed by atoms with Gasteiger partial charge in [-0.3, -0.25) is 18.5 Å². The van der Waals surface area contributed by atoms with Crippen LogP contribution in [-0.4, -0.2) is 36.2 Å². The van der Waals surface area contributed by atoms with Crippen LogP contribution in [0.15, 0.2) is 9.59 Å². The highest BCUT2D eigenvalue weighted by atomic mass is 32.2. The summed E-state index contributed by atoms with van der Waals surface area (Å²) in [6, 6.07) is 0. The van der Waals surface area contributed by atoms with E-state index in [-0.39, 0.29) is 5.56 Å². The van der Waals surface area contributed by atoms with E-state index in [1.54, 1.807) is 7.05 Å². The molecule has 2 aromatic rings. The zero-order chi connectivity index (χ0) is 18.4. The number of hydrogen-bond donors (Lipinski definition) is 1. The maximum Gasteiger partial charge on any atom is 0.329 e. The standard InChI is InChI=1S/C16H26N4O4S/c1-12-17-14-13(15(21)18-16(22)19(14)2)20(12)10-8-6-4-5-7-9-11-24-25(3)23/h4-11H2,1-3H3,(H,18,21,22). The molecule has 0 aromatic carbocycles. The lowest BCUT2D eigenvalue weighted by atomic mass is 10.1. The molecule has 2 heterocycles. The second-order valence-electron chi connectivity index (χ2n) is 6.15.